The number of urea groups is 1. The van der Waals surface area contributed by atoms with Crippen LogP contribution in [0.5, 0.6) is 0 Å². The summed E-state index contributed by atoms with van der Waals surface area (Å²) in [6.07, 6.45) is 5.80. The molecule has 1 atom stereocenters. The van der Waals surface area contributed by atoms with Crippen LogP contribution >= 0.6 is 0 Å². The molecule has 0 radical (unpaired) electrons. The molecule has 8 heteroatoms. The van der Waals surface area contributed by atoms with Gasteiger partial charge in [-0.25, -0.2) is 13.2 Å². The summed E-state index contributed by atoms with van der Waals surface area (Å²) >= 11 is 0. The maximum absolute atomic E-state index is 12.8. The van der Waals surface area contributed by atoms with E-state index in [4.69, 9.17) is 0 Å². The molecule has 0 bridgehead atoms. The SMILES string of the molecule is C=CC(N1CCC1)S(=O)(=O)c1ccc(NC(=O)NCc2cccnc2)cc1. The molecule has 1 unspecified atom stereocenters. The number of aromatic nitrogens is 1. The highest BCUT2D eigenvalue weighted by Crippen LogP contribution is 2.24. The number of amides is 2. The maximum Gasteiger partial charge on any atom is 0.319 e. The Balaban J connectivity index is 1.61. The maximum atomic E-state index is 12.8. The van der Waals surface area contributed by atoms with Crippen LogP contribution in [0.25, 0.3) is 0 Å². The minimum Gasteiger partial charge on any atom is -0.334 e. The number of nitrogens with zero attached hydrogens (tertiary/aromatic N) is 2. The smallest absolute Gasteiger partial charge is 0.319 e. The van der Waals surface area contributed by atoms with Crippen molar-refractivity contribution < 1.29 is 13.2 Å². The van der Waals surface area contributed by atoms with Crippen molar-refractivity contribution in [3.63, 3.8) is 0 Å². The standard InChI is InChI=1S/C19H22N4O3S/c1-2-18(23-11-4-12-23)27(25,26)17-8-6-16(7-9-17)22-19(24)21-14-15-5-3-10-20-13-15/h2-3,5-10,13,18H,1,4,11-12,14H2,(H2,21,22,24). The van der Waals surface area contributed by atoms with Gasteiger partial charge in [-0.3, -0.25) is 9.88 Å². The second-order valence-corrected chi connectivity index (χ2v) is 8.30. The molecule has 1 fully saturated rings. The Labute approximate surface area is 159 Å². The summed E-state index contributed by atoms with van der Waals surface area (Å²) in [7, 11) is -3.53. The number of likely N-dealkylation sites (tertiary alicyclic amines) is 1. The average molecular weight is 386 g/mol. The fourth-order valence-corrected chi connectivity index (χ4v) is 4.45. The molecule has 27 heavy (non-hydrogen) atoms. The predicted molar refractivity (Wildman–Crippen MR) is 104 cm³/mol. The van der Waals surface area contributed by atoms with E-state index in [2.05, 4.69) is 22.2 Å². The van der Waals surface area contributed by atoms with Crippen molar-refractivity contribution in [3.8, 4) is 0 Å². The zero-order valence-corrected chi connectivity index (χ0v) is 15.7. The topological polar surface area (TPSA) is 91.4 Å². The van der Waals surface area contributed by atoms with Crippen LogP contribution in [0.15, 0.2) is 66.3 Å². The van der Waals surface area contributed by atoms with Crippen LogP contribution in [-0.4, -0.2) is 42.8 Å². The first-order valence-corrected chi connectivity index (χ1v) is 10.2. The van der Waals surface area contributed by atoms with Gasteiger partial charge < -0.3 is 10.6 Å². The Bertz CT molecular complexity index is 894. The quantitative estimate of drug-likeness (QED) is 0.713. The van der Waals surface area contributed by atoms with Gasteiger partial charge in [-0.15, -0.1) is 6.58 Å². The Kier molecular flexibility index (Phi) is 5.88. The monoisotopic (exact) mass is 386 g/mol. The van der Waals surface area contributed by atoms with Crippen molar-refractivity contribution >= 4 is 21.6 Å². The number of pyridine rings is 1. The summed E-state index contributed by atoms with van der Waals surface area (Å²) in [6, 6.07) is 9.44. The first-order chi connectivity index (χ1) is 13.0. The first kappa shape index (κ1) is 19.1. The van der Waals surface area contributed by atoms with Gasteiger partial charge in [0.05, 0.1) is 4.90 Å². The molecule has 0 spiro atoms. The van der Waals surface area contributed by atoms with Crippen molar-refractivity contribution in [2.45, 2.75) is 23.2 Å². The molecule has 0 saturated carbocycles. The molecule has 1 saturated heterocycles. The van der Waals surface area contributed by atoms with Gasteiger partial charge in [0.1, 0.15) is 5.37 Å². The fourth-order valence-electron chi connectivity index (χ4n) is 2.79. The van der Waals surface area contributed by atoms with Crippen LogP contribution in [0.3, 0.4) is 0 Å². The van der Waals surface area contributed by atoms with E-state index in [1.165, 1.54) is 18.2 Å². The van der Waals surface area contributed by atoms with Gasteiger partial charge in [0.25, 0.3) is 0 Å². The van der Waals surface area contributed by atoms with Crippen LogP contribution in [0, 0.1) is 0 Å². The lowest BCUT2D eigenvalue weighted by atomic mass is 10.2. The molecule has 2 heterocycles. The molecule has 1 aliphatic rings. The number of hydrogen-bond acceptors (Lipinski definition) is 5. The van der Waals surface area contributed by atoms with Crippen molar-refractivity contribution in [3.05, 3.63) is 67.0 Å². The molecule has 1 aliphatic heterocycles. The Morgan fingerprint density at radius 2 is 2.00 bits per heavy atom. The van der Waals surface area contributed by atoms with Crippen LogP contribution < -0.4 is 10.6 Å². The Hall–Kier alpha value is -2.71. The third kappa shape index (κ3) is 4.53. The molecule has 1 aromatic heterocycles. The van der Waals surface area contributed by atoms with E-state index in [0.717, 1.165) is 25.1 Å². The number of anilines is 1. The van der Waals surface area contributed by atoms with E-state index < -0.39 is 15.2 Å². The van der Waals surface area contributed by atoms with E-state index in [9.17, 15) is 13.2 Å². The number of hydrogen-bond donors (Lipinski definition) is 2. The number of nitrogens with one attached hydrogen (secondary N) is 2. The van der Waals surface area contributed by atoms with E-state index in [0.29, 0.717) is 12.2 Å². The van der Waals surface area contributed by atoms with Crippen molar-refractivity contribution in [2.75, 3.05) is 18.4 Å². The lowest BCUT2D eigenvalue weighted by Crippen LogP contribution is -2.47. The van der Waals surface area contributed by atoms with Gasteiger partial charge >= 0.3 is 6.03 Å². The van der Waals surface area contributed by atoms with E-state index in [1.807, 2.05) is 11.0 Å². The van der Waals surface area contributed by atoms with Gasteiger partial charge in [-0.2, -0.15) is 0 Å². The highest BCUT2D eigenvalue weighted by atomic mass is 32.2. The molecule has 0 aliphatic carbocycles. The van der Waals surface area contributed by atoms with Gasteiger partial charge in [0.2, 0.25) is 0 Å². The lowest BCUT2D eigenvalue weighted by Gasteiger charge is -2.36. The minimum absolute atomic E-state index is 0.209. The molecule has 7 nitrogen and oxygen atoms in total. The van der Waals surface area contributed by atoms with Gasteiger partial charge in [-0.1, -0.05) is 12.1 Å². The number of carbonyl (C=O) groups excluding carboxylic acids is 1. The van der Waals surface area contributed by atoms with Crippen LogP contribution in [0.4, 0.5) is 10.5 Å². The molecular weight excluding hydrogens is 364 g/mol. The fraction of sp³-hybridized carbons (Fsp3) is 0.263. The normalized spacial score (nSPS) is 15.4. The van der Waals surface area contributed by atoms with Gasteiger partial charge in [-0.05, 0) is 42.3 Å². The van der Waals surface area contributed by atoms with Crippen molar-refractivity contribution in [1.29, 1.82) is 0 Å². The zero-order valence-electron chi connectivity index (χ0n) is 14.8. The highest BCUT2D eigenvalue weighted by Gasteiger charge is 2.33. The molecular formula is C19H22N4O3S. The minimum atomic E-state index is -3.53. The second kappa shape index (κ2) is 8.32. The first-order valence-electron chi connectivity index (χ1n) is 8.65. The molecule has 3 rings (SSSR count). The lowest BCUT2D eigenvalue weighted by molar-refractivity contribution is 0.181. The predicted octanol–water partition coefficient (Wildman–Crippen LogP) is 2.39. The molecule has 2 aromatic rings. The van der Waals surface area contributed by atoms with Gasteiger partial charge in [0.15, 0.2) is 9.84 Å². The molecule has 2 N–H and O–H groups in total. The van der Waals surface area contributed by atoms with Crippen LogP contribution in [0.1, 0.15) is 12.0 Å². The van der Waals surface area contributed by atoms with Crippen molar-refractivity contribution in [2.24, 2.45) is 0 Å². The number of carbonyl (C=O) groups is 1. The Morgan fingerprint density at radius 1 is 1.26 bits per heavy atom. The Morgan fingerprint density at radius 3 is 2.56 bits per heavy atom. The third-order valence-electron chi connectivity index (χ3n) is 4.39. The molecule has 1 aromatic carbocycles. The second-order valence-electron chi connectivity index (χ2n) is 6.25. The van der Waals surface area contributed by atoms with E-state index in [-0.39, 0.29) is 10.9 Å². The number of benzene rings is 1. The average Bonchev–Trinajstić information content (AvgIpc) is 2.64. The summed E-state index contributed by atoms with van der Waals surface area (Å²) in [5.74, 6) is 0. The zero-order chi connectivity index (χ0) is 19.3. The highest BCUT2D eigenvalue weighted by molar-refractivity contribution is 7.92. The van der Waals surface area contributed by atoms with Gasteiger partial charge in [0, 0.05) is 37.7 Å². The van der Waals surface area contributed by atoms with E-state index >= 15 is 0 Å². The summed E-state index contributed by atoms with van der Waals surface area (Å²) in [5.41, 5.74) is 1.40. The van der Waals surface area contributed by atoms with Crippen molar-refractivity contribution in [1.82, 2.24) is 15.2 Å². The van der Waals surface area contributed by atoms with Crippen LogP contribution in [0.2, 0.25) is 0 Å². The summed E-state index contributed by atoms with van der Waals surface area (Å²) in [4.78, 5) is 18.0. The third-order valence-corrected chi connectivity index (χ3v) is 6.44. The van der Waals surface area contributed by atoms with Crippen LogP contribution in [-0.2, 0) is 16.4 Å². The summed E-state index contributed by atoms with van der Waals surface area (Å²) < 4.78 is 25.5. The molecule has 142 valence electrons. The molecule has 2 amide bonds. The largest absolute Gasteiger partial charge is 0.334 e. The van der Waals surface area contributed by atoms with E-state index in [1.54, 1.807) is 30.6 Å². The summed E-state index contributed by atoms with van der Waals surface area (Å²) in [5, 5.41) is 4.69. The number of rotatable bonds is 7. The number of sulfone groups is 1. The summed E-state index contributed by atoms with van der Waals surface area (Å²) in [6.45, 7) is 5.53.